The first-order valence-corrected chi connectivity index (χ1v) is 9.50. The van der Waals surface area contributed by atoms with E-state index >= 15 is 0 Å². The molecule has 1 aliphatic heterocycles. The summed E-state index contributed by atoms with van der Waals surface area (Å²) in [5, 5.41) is 3.84. The van der Waals surface area contributed by atoms with Crippen molar-refractivity contribution in [1.82, 2.24) is 10.2 Å². The van der Waals surface area contributed by atoms with Crippen molar-refractivity contribution in [1.29, 1.82) is 0 Å². The van der Waals surface area contributed by atoms with Crippen molar-refractivity contribution in [3.8, 4) is 0 Å². The molecule has 0 aromatic heterocycles. The number of likely N-dealkylation sites (tertiary alicyclic amines) is 1. The second-order valence-electron chi connectivity index (χ2n) is 5.99. The zero-order valence-corrected chi connectivity index (χ0v) is 15.0. The molecule has 0 spiro atoms. The minimum atomic E-state index is 0.0754. The van der Waals surface area contributed by atoms with Crippen LogP contribution in [0.15, 0.2) is 59.5 Å². The van der Waals surface area contributed by atoms with Gasteiger partial charge in [-0.05, 0) is 24.1 Å². The van der Waals surface area contributed by atoms with E-state index in [0.717, 1.165) is 31.0 Å². The van der Waals surface area contributed by atoms with Crippen molar-refractivity contribution < 1.29 is 4.79 Å². The Morgan fingerprint density at radius 2 is 1.92 bits per heavy atom. The number of hydrogen-bond donors (Lipinski definition) is 1. The molecule has 126 valence electrons. The summed E-state index contributed by atoms with van der Waals surface area (Å²) in [6, 6.07) is 18.3. The molecule has 1 saturated heterocycles. The third-order valence-corrected chi connectivity index (χ3v) is 5.60. The highest BCUT2D eigenvalue weighted by Crippen LogP contribution is 2.26. The first kappa shape index (κ1) is 17.3. The molecular formula is C19H21ClN2OS. The maximum atomic E-state index is 12.2. The Labute approximate surface area is 152 Å². The SMILES string of the molecule is O=C(CSc1ccccc1Cl)NC1CCN(Cc2ccccc2)C1. The molecule has 3 nitrogen and oxygen atoms in total. The predicted molar refractivity (Wildman–Crippen MR) is 100 cm³/mol. The number of thioether (sulfide) groups is 1. The van der Waals surface area contributed by atoms with Crippen LogP contribution in [0.5, 0.6) is 0 Å². The molecule has 3 rings (SSSR count). The molecule has 1 unspecified atom stereocenters. The maximum Gasteiger partial charge on any atom is 0.230 e. The number of amides is 1. The summed E-state index contributed by atoms with van der Waals surface area (Å²) in [6.45, 7) is 2.89. The summed E-state index contributed by atoms with van der Waals surface area (Å²) in [7, 11) is 0. The van der Waals surface area contributed by atoms with Gasteiger partial charge in [0.1, 0.15) is 0 Å². The van der Waals surface area contributed by atoms with E-state index in [0.29, 0.717) is 10.8 Å². The molecule has 0 bridgehead atoms. The lowest BCUT2D eigenvalue weighted by atomic mass is 10.2. The van der Waals surface area contributed by atoms with Gasteiger partial charge in [-0.2, -0.15) is 0 Å². The highest BCUT2D eigenvalue weighted by Gasteiger charge is 2.23. The van der Waals surface area contributed by atoms with Gasteiger partial charge in [0.15, 0.2) is 0 Å². The summed E-state index contributed by atoms with van der Waals surface area (Å²) < 4.78 is 0. The summed E-state index contributed by atoms with van der Waals surface area (Å²) in [5.41, 5.74) is 1.32. The van der Waals surface area contributed by atoms with Crippen molar-refractivity contribution >= 4 is 29.3 Å². The number of nitrogens with one attached hydrogen (secondary N) is 1. The quantitative estimate of drug-likeness (QED) is 0.795. The van der Waals surface area contributed by atoms with Gasteiger partial charge in [0.2, 0.25) is 5.91 Å². The van der Waals surface area contributed by atoms with Crippen LogP contribution in [-0.2, 0) is 11.3 Å². The Balaban J connectivity index is 1.42. The number of carbonyl (C=O) groups excluding carboxylic acids is 1. The molecule has 1 amide bonds. The van der Waals surface area contributed by atoms with E-state index < -0.39 is 0 Å². The zero-order chi connectivity index (χ0) is 16.8. The summed E-state index contributed by atoms with van der Waals surface area (Å²) in [4.78, 5) is 15.5. The fourth-order valence-corrected chi connectivity index (χ4v) is 3.96. The van der Waals surface area contributed by atoms with Crippen LogP contribution in [-0.4, -0.2) is 35.7 Å². The molecule has 1 heterocycles. The first-order chi connectivity index (χ1) is 11.7. The van der Waals surface area contributed by atoms with Gasteiger partial charge < -0.3 is 5.32 Å². The highest BCUT2D eigenvalue weighted by molar-refractivity contribution is 8.00. The fourth-order valence-electron chi connectivity index (χ4n) is 2.91. The maximum absolute atomic E-state index is 12.2. The predicted octanol–water partition coefficient (Wildman–Crippen LogP) is 3.82. The molecule has 5 heteroatoms. The topological polar surface area (TPSA) is 32.3 Å². The normalized spacial score (nSPS) is 17.8. The Morgan fingerprint density at radius 1 is 1.17 bits per heavy atom. The molecule has 1 atom stereocenters. The first-order valence-electron chi connectivity index (χ1n) is 8.13. The number of carbonyl (C=O) groups is 1. The molecule has 24 heavy (non-hydrogen) atoms. The van der Waals surface area contributed by atoms with Crippen LogP contribution in [0.4, 0.5) is 0 Å². The molecule has 1 N–H and O–H groups in total. The van der Waals surface area contributed by atoms with Crippen LogP contribution in [0.25, 0.3) is 0 Å². The van der Waals surface area contributed by atoms with Crippen LogP contribution in [0.2, 0.25) is 5.02 Å². The van der Waals surface area contributed by atoms with E-state index in [4.69, 9.17) is 11.6 Å². The van der Waals surface area contributed by atoms with Crippen molar-refractivity contribution in [2.45, 2.75) is 23.9 Å². The minimum Gasteiger partial charge on any atom is -0.351 e. The van der Waals surface area contributed by atoms with E-state index in [1.54, 1.807) is 0 Å². The lowest BCUT2D eigenvalue weighted by Gasteiger charge is -2.16. The fraction of sp³-hybridized carbons (Fsp3) is 0.316. The van der Waals surface area contributed by atoms with Gasteiger partial charge in [0.05, 0.1) is 10.8 Å². The molecule has 2 aromatic carbocycles. The van der Waals surface area contributed by atoms with E-state index in [2.05, 4.69) is 34.5 Å². The highest BCUT2D eigenvalue weighted by atomic mass is 35.5. The number of benzene rings is 2. The van der Waals surface area contributed by atoms with Gasteiger partial charge in [0, 0.05) is 30.6 Å². The molecule has 1 aliphatic rings. The third-order valence-electron chi connectivity index (χ3n) is 4.08. The summed E-state index contributed by atoms with van der Waals surface area (Å²) >= 11 is 7.60. The molecule has 0 radical (unpaired) electrons. The van der Waals surface area contributed by atoms with Gasteiger partial charge in [0.25, 0.3) is 0 Å². The number of halogens is 1. The zero-order valence-electron chi connectivity index (χ0n) is 13.5. The van der Waals surface area contributed by atoms with Gasteiger partial charge in [-0.25, -0.2) is 0 Å². The molecule has 1 fully saturated rings. The monoisotopic (exact) mass is 360 g/mol. The van der Waals surface area contributed by atoms with Crippen molar-refractivity contribution in [2.24, 2.45) is 0 Å². The van der Waals surface area contributed by atoms with Gasteiger partial charge >= 0.3 is 0 Å². The third kappa shape index (κ3) is 5.00. The van der Waals surface area contributed by atoms with Gasteiger partial charge in [-0.3, -0.25) is 9.69 Å². The number of hydrogen-bond acceptors (Lipinski definition) is 3. The summed E-state index contributed by atoms with van der Waals surface area (Å²) in [6.07, 6.45) is 1.01. The minimum absolute atomic E-state index is 0.0754. The number of nitrogens with zero attached hydrogens (tertiary/aromatic N) is 1. The van der Waals surface area contributed by atoms with Crippen molar-refractivity contribution in [2.75, 3.05) is 18.8 Å². The van der Waals surface area contributed by atoms with Crippen LogP contribution < -0.4 is 5.32 Å². The Bertz CT molecular complexity index is 680. The molecule has 2 aromatic rings. The Kier molecular flexibility index (Phi) is 6.18. The van der Waals surface area contributed by atoms with Crippen molar-refractivity contribution in [3.63, 3.8) is 0 Å². The second kappa shape index (κ2) is 8.56. The Morgan fingerprint density at radius 3 is 2.71 bits per heavy atom. The van der Waals surface area contributed by atoms with Gasteiger partial charge in [-0.1, -0.05) is 54.1 Å². The van der Waals surface area contributed by atoms with Crippen LogP contribution in [0.1, 0.15) is 12.0 Å². The molecular weight excluding hydrogens is 340 g/mol. The van der Waals surface area contributed by atoms with E-state index in [1.165, 1.54) is 17.3 Å². The smallest absolute Gasteiger partial charge is 0.230 e. The van der Waals surface area contributed by atoms with Crippen LogP contribution in [0.3, 0.4) is 0 Å². The standard InChI is InChI=1S/C19H21ClN2OS/c20-17-8-4-5-9-18(17)24-14-19(23)21-16-10-11-22(13-16)12-15-6-2-1-3-7-15/h1-9,16H,10-14H2,(H,21,23). The largest absolute Gasteiger partial charge is 0.351 e. The number of rotatable bonds is 6. The molecule has 0 aliphatic carbocycles. The van der Waals surface area contributed by atoms with Crippen LogP contribution in [0, 0.1) is 0 Å². The van der Waals surface area contributed by atoms with Crippen molar-refractivity contribution in [3.05, 3.63) is 65.2 Å². The summed E-state index contributed by atoms with van der Waals surface area (Å²) in [5.74, 6) is 0.477. The van der Waals surface area contributed by atoms with E-state index in [1.807, 2.05) is 30.3 Å². The van der Waals surface area contributed by atoms with E-state index in [9.17, 15) is 4.79 Å². The van der Waals surface area contributed by atoms with E-state index in [-0.39, 0.29) is 11.9 Å². The average molecular weight is 361 g/mol. The Hall–Kier alpha value is -1.49. The second-order valence-corrected chi connectivity index (χ2v) is 7.42. The van der Waals surface area contributed by atoms with Gasteiger partial charge in [-0.15, -0.1) is 11.8 Å². The lowest BCUT2D eigenvalue weighted by Crippen LogP contribution is -2.37. The van der Waals surface area contributed by atoms with Crippen LogP contribution >= 0.6 is 23.4 Å². The molecule has 0 saturated carbocycles. The lowest BCUT2D eigenvalue weighted by molar-refractivity contribution is -0.119. The average Bonchev–Trinajstić information content (AvgIpc) is 3.02.